The fourth-order valence-corrected chi connectivity index (χ4v) is 1.54. The highest BCUT2D eigenvalue weighted by molar-refractivity contribution is 6.30. The van der Waals surface area contributed by atoms with Crippen molar-refractivity contribution in [3.05, 3.63) is 40.4 Å². The van der Waals surface area contributed by atoms with Gasteiger partial charge in [0.05, 0.1) is 6.54 Å². The summed E-state index contributed by atoms with van der Waals surface area (Å²) in [5, 5.41) is 0.712. The predicted molar refractivity (Wildman–Crippen MR) is 57.1 cm³/mol. The summed E-state index contributed by atoms with van der Waals surface area (Å²) in [4.78, 5) is 12.9. The minimum absolute atomic E-state index is 0.111. The van der Waals surface area contributed by atoms with E-state index in [4.69, 9.17) is 11.6 Å². The SMILES string of the molecule is CN1C/C(=C/c2ccc(Cl)cc2)C1=O. The summed E-state index contributed by atoms with van der Waals surface area (Å²) < 4.78 is 0. The van der Waals surface area contributed by atoms with Crippen molar-refractivity contribution in [3.63, 3.8) is 0 Å². The fraction of sp³-hybridized carbons (Fsp3) is 0.182. The Labute approximate surface area is 87.8 Å². The Morgan fingerprint density at radius 1 is 1.36 bits per heavy atom. The molecule has 0 spiro atoms. The van der Waals surface area contributed by atoms with Crippen LogP contribution in [0.25, 0.3) is 6.08 Å². The van der Waals surface area contributed by atoms with E-state index in [9.17, 15) is 4.79 Å². The Morgan fingerprint density at radius 3 is 2.50 bits per heavy atom. The molecule has 1 heterocycles. The largest absolute Gasteiger partial charge is 0.337 e. The van der Waals surface area contributed by atoms with Crippen molar-refractivity contribution < 1.29 is 4.79 Å². The van der Waals surface area contributed by atoms with Crippen LogP contribution in [0, 0.1) is 0 Å². The lowest BCUT2D eigenvalue weighted by molar-refractivity contribution is -0.130. The molecule has 0 radical (unpaired) electrons. The second kappa shape index (κ2) is 3.46. The van der Waals surface area contributed by atoms with Crippen molar-refractivity contribution in [3.8, 4) is 0 Å². The topological polar surface area (TPSA) is 20.3 Å². The molecule has 1 aromatic carbocycles. The fourth-order valence-electron chi connectivity index (χ4n) is 1.42. The van der Waals surface area contributed by atoms with Gasteiger partial charge in [0.25, 0.3) is 5.91 Å². The second-order valence-corrected chi connectivity index (χ2v) is 3.82. The minimum atomic E-state index is 0.111. The van der Waals surface area contributed by atoms with Gasteiger partial charge in [-0.05, 0) is 23.8 Å². The van der Waals surface area contributed by atoms with Gasteiger partial charge in [-0.15, -0.1) is 0 Å². The lowest BCUT2D eigenvalue weighted by atomic mass is 10.0. The third-order valence-electron chi connectivity index (χ3n) is 2.24. The quantitative estimate of drug-likeness (QED) is 0.511. The molecule has 2 nitrogen and oxygen atoms in total. The number of halogens is 1. The van der Waals surface area contributed by atoms with Crippen LogP contribution >= 0.6 is 11.6 Å². The molecular weight excluding hydrogens is 198 g/mol. The molecule has 1 amide bonds. The lowest BCUT2D eigenvalue weighted by Gasteiger charge is -2.29. The van der Waals surface area contributed by atoms with Crippen LogP contribution in [0.5, 0.6) is 0 Å². The summed E-state index contributed by atoms with van der Waals surface area (Å²) in [6.07, 6.45) is 1.90. The lowest BCUT2D eigenvalue weighted by Crippen LogP contribution is -2.42. The third-order valence-corrected chi connectivity index (χ3v) is 2.49. The van der Waals surface area contributed by atoms with E-state index in [1.807, 2.05) is 30.3 Å². The molecule has 0 bridgehead atoms. The highest BCUT2D eigenvalue weighted by atomic mass is 35.5. The maximum Gasteiger partial charge on any atom is 0.251 e. The molecule has 1 aliphatic heterocycles. The molecular formula is C11H10ClNO. The maximum absolute atomic E-state index is 11.3. The Balaban J connectivity index is 2.19. The number of hydrogen-bond acceptors (Lipinski definition) is 1. The summed E-state index contributed by atoms with van der Waals surface area (Å²) in [6, 6.07) is 7.45. The number of nitrogens with zero attached hydrogens (tertiary/aromatic N) is 1. The zero-order chi connectivity index (χ0) is 10.1. The number of β-lactam (4-membered cyclic amide) rings is 1. The molecule has 0 saturated carbocycles. The van der Waals surface area contributed by atoms with Crippen LogP contribution in [0.2, 0.25) is 5.02 Å². The molecule has 14 heavy (non-hydrogen) atoms. The summed E-state index contributed by atoms with van der Waals surface area (Å²) in [5.74, 6) is 0.111. The number of carbonyl (C=O) groups is 1. The van der Waals surface area contributed by atoms with E-state index in [1.54, 1.807) is 11.9 Å². The van der Waals surface area contributed by atoms with Gasteiger partial charge in [0.1, 0.15) is 0 Å². The van der Waals surface area contributed by atoms with Crippen molar-refractivity contribution >= 4 is 23.6 Å². The van der Waals surface area contributed by atoms with Gasteiger partial charge in [-0.25, -0.2) is 0 Å². The summed E-state index contributed by atoms with van der Waals surface area (Å²) >= 11 is 5.75. The Bertz CT molecular complexity index is 394. The molecule has 0 aliphatic carbocycles. The van der Waals surface area contributed by atoms with Gasteiger partial charge in [0, 0.05) is 17.6 Å². The van der Waals surface area contributed by atoms with E-state index in [2.05, 4.69) is 0 Å². The van der Waals surface area contributed by atoms with Crippen LogP contribution < -0.4 is 0 Å². The molecule has 1 saturated heterocycles. The molecule has 1 fully saturated rings. The third kappa shape index (κ3) is 1.66. The zero-order valence-electron chi connectivity index (χ0n) is 7.83. The van der Waals surface area contributed by atoms with Crippen LogP contribution in [0.4, 0.5) is 0 Å². The predicted octanol–water partition coefficient (Wildman–Crippen LogP) is 2.20. The highest BCUT2D eigenvalue weighted by Crippen LogP contribution is 2.18. The van der Waals surface area contributed by atoms with Gasteiger partial charge >= 0.3 is 0 Å². The molecule has 0 N–H and O–H groups in total. The van der Waals surface area contributed by atoms with Gasteiger partial charge in [0.2, 0.25) is 0 Å². The molecule has 3 heteroatoms. The van der Waals surface area contributed by atoms with Gasteiger partial charge in [0.15, 0.2) is 0 Å². The van der Waals surface area contributed by atoms with E-state index < -0.39 is 0 Å². The summed E-state index contributed by atoms with van der Waals surface area (Å²) in [7, 11) is 1.79. The molecule has 72 valence electrons. The number of rotatable bonds is 1. The summed E-state index contributed by atoms with van der Waals surface area (Å²) in [6.45, 7) is 0.738. The Kier molecular flexibility index (Phi) is 2.30. The van der Waals surface area contributed by atoms with Gasteiger partial charge < -0.3 is 4.90 Å². The minimum Gasteiger partial charge on any atom is -0.337 e. The second-order valence-electron chi connectivity index (χ2n) is 3.38. The highest BCUT2D eigenvalue weighted by Gasteiger charge is 2.25. The number of carbonyl (C=O) groups excluding carboxylic acids is 1. The van der Waals surface area contributed by atoms with Crippen molar-refractivity contribution in [2.45, 2.75) is 0 Å². The molecule has 0 unspecified atom stereocenters. The van der Waals surface area contributed by atoms with E-state index in [-0.39, 0.29) is 5.91 Å². The zero-order valence-corrected chi connectivity index (χ0v) is 8.58. The Morgan fingerprint density at radius 2 is 2.00 bits per heavy atom. The molecule has 0 aromatic heterocycles. The number of amides is 1. The number of benzene rings is 1. The van der Waals surface area contributed by atoms with E-state index in [0.29, 0.717) is 5.02 Å². The molecule has 2 rings (SSSR count). The van der Waals surface area contributed by atoms with Gasteiger partial charge in [-0.1, -0.05) is 23.7 Å². The maximum atomic E-state index is 11.3. The first-order valence-electron chi connectivity index (χ1n) is 4.38. The summed E-state index contributed by atoms with van der Waals surface area (Å²) in [5.41, 5.74) is 1.88. The average molecular weight is 208 g/mol. The van der Waals surface area contributed by atoms with Crippen LogP contribution in [0.1, 0.15) is 5.56 Å². The number of hydrogen-bond donors (Lipinski definition) is 0. The van der Waals surface area contributed by atoms with E-state index in [1.165, 1.54) is 0 Å². The molecule has 1 aromatic rings. The normalized spacial score (nSPS) is 18.6. The first-order chi connectivity index (χ1) is 6.66. The number of likely N-dealkylation sites (tertiary alicyclic amines) is 1. The van der Waals surface area contributed by atoms with Crippen LogP contribution in [0.3, 0.4) is 0 Å². The van der Waals surface area contributed by atoms with Crippen LogP contribution in [-0.4, -0.2) is 24.4 Å². The monoisotopic (exact) mass is 207 g/mol. The van der Waals surface area contributed by atoms with Crippen LogP contribution in [0.15, 0.2) is 29.8 Å². The van der Waals surface area contributed by atoms with E-state index >= 15 is 0 Å². The van der Waals surface area contributed by atoms with Crippen LogP contribution in [-0.2, 0) is 4.79 Å². The van der Waals surface area contributed by atoms with Crippen molar-refractivity contribution in [2.24, 2.45) is 0 Å². The first-order valence-corrected chi connectivity index (χ1v) is 4.76. The number of likely N-dealkylation sites (N-methyl/N-ethyl adjacent to an activating group) is 1. The van der Waals surface area contributed by atoms with Crippen molar-refractivity contribution in [1.29, 1.82) is 0 Å². The smallest absolute Gasteiger partial charge is 0.251 e. The Hall–Kier alpha value is -1.28. The first kappa shape index (κ1) is 9.28. The van der Waals surface area contributed by atoms with Gasteiger partial charge in [-0.3, -0.25) is 4.79 Å². The van der Waals surface area contributed by atoms with Crippen molar-refractivity contribution in [1.82, 2.24) is 4.90 Å². The van der Waals surface area contributed by atoms with Gasteiger partial charge in [-0.2, -0.15) is 0 Å². The van der Waals surface area contributed by atoms with E-state index in [0.717, 1.165) is 17.7 Å². The average Bonchev–Trinajstić information content (AvgIpc) is 2.20. The molecule has 1 aliphatic rings. The standard InChI is InChI=1S/C11H10ClNO/c1-13-7-9(11(13)14)6-8-2-4-10(12)5-3-8/h2-6H,7H2,1H3/b9-6-. The molecule has 0 atom stereocenters. The van der Waals surface area contributed by atoms with Crippen molar-refractivity contribution in [2.75, 3.05) is 13.6 Å².